The lowest BCUT2D eigenvalue weighted by Crippen LogP contribution is -2.40. The van der Waals surface area contributed by atoms with E-state index in [9.17, 15) is 19.5 Å². The Morgan fingerprint density at radius 2 is 1.66 bits per heavy atom. The molecule has 0 spiro atoms. The first-order valence-electron chi connectivity index (χ1n) is 10.7. The van der Waals surface area contributed by atoms with Crippen molar-refractivity contribution in [1.29, 1.82) is 0 Å². The number of nitrogens with one attached hydrogen (secondary N) is 1. The number of fused-ring (bicyclic) bond motifs is 3. The van der Waals surface area contributed by atoms with Gasteiger partial charge in [-0.3, -0.25) is 9.59 Å². The minimum absolute atomic E-state index is 0.0710. The smallest absolute Gasteiger partial charge is 0.407 e. The summed E-state index contributed by atoms with van der Waals surface area (Å²) < 4.78 is 5.40. The van der Waals surface area contributed by atoms with E-state index in [2.05, 4.69) is 5.32 Å². The zero-order valence-corrected chi connectivity index (χ0v) is 18.0. The van der Waals surface area contributed by atoms with Crippen LogP contribution in [0.3, 0.4) is 0 Å². The molecule has 8 heteroatoms. The molecule has 1 aliphatic carbocycles. The van der Waals surface area contributed by atoms with Crippen molar-refractivity contribution in [2.75, 3.05) is 26.2 Å². The van der Waals surface area contributed by atoms with Gasteiger partial charge in [-0.1, -0.05) is 55.5 Å². The summed E-state index contributed by atoms with van der Waals surface area (Å²) in [5.41, 5.74) is 4.45. The third-order valence-electron chi connectivity index (χ3n) is 5.41. The van der Waals surface area contributed by atoms with Crippen LogP contribution in [0.15, 0.2) is 48.5 Å². The van der Waals surface area contributed by atoms with Crippen LogP contribution in [0, 0.1) is 0 Å². The van der Waals surface area contributed by atoms with Crippen molar-refractivity contribution in [2.24, 2.45) is 0 Å². The molecule has 8 nitrogen and oxygen atoms in total. The van der Waals surface area contributed by atoms with Gasteiger partial charge in [0.15, 0.2) is 0 Å². The molecule has 0 radical (unpaired) electrons. The predicted molar refractivity (Wildman–Crippen MR) is 118 cm³/mol. The molecule has 3 N–H and O–H groups in total. The number of nitrogens with zero attached hydrogens (tertiary/aromatic N) is 1. The Balaban J connectivity index is 1.49. The molecule has 0 saturated carbocycles. The van der Waals surface area contributed by atoms with Gasteiger partial charge in [0, 0.05) is 19.0 Å². The number of benzene rings is 2. The van der Waals surface area contributed by atoms with Crippen molar-refractivity contribution in [1.82, 2.24) is 10.2 Å². The van der Waals surface area contributed by atoms with Crippen molar-refractivity contribution in [3.63, 3.8) is 0 Å². The fourth-order valence-electron chi connectivity index (χ4n) is 3.98. The SMILES string of the molecule is CCCN(CC(=O)O)C(=O)CC(O)CNC(=O)OCC1c2ccccc2-c2ccccc21. The number of aliphatic carboxylic acids is 1. The van der Waals surface area contributed by atoms with E-state index in [1.807, 2.05) is 55.5 Å². The van der Waals surface area contributed by atoms with Gasteiger partial charge in [-0.25, -0.2) is 4.79 Å². The third kappa shape index (κ3) is 5.64. The number of carbonyl (C=O) groups is 3. The highest BCUT2D eigenvalue weighted by atomic mass is 16.5. The average molecular weight is 440 g/mol. The third-order valence-corrected chi connectivity index (χ3v) is 5.41. The number of aliphatic hydroxyl groups is 1. The highest BCUT2D eigenvalue weighted by Gasteiger charge is 2.29. The zero-order valence-electron chi connectivity index (χ0n) is 18.0. The molecule has 2 amide bonds. The maximum absolute atomic E-state index is 12.2. The number of carboxylic acid groups (broad SMARTS) is 1. The summed E-state index contributed by atoms with van der Waals surface area (Å²) in [4.78, 5) is 36.5. The number of amides is 2. The highest BCUT2D eigenvalue weighted by molar-refractivity contribution is 5.82. The average Bonchev–Trinajstić information content (AvgIpc) is 3.09. The molecule has 1 unspecified atom stereocenters. The Labute approximate surface area is 186 Å². The van der Waals surface area contributed by atoms with E-state index in [0.29, 0.717) is 6.42 Å². The molecule has 0 fully saturated rings. The number of ether oxygens (including phenoxy) is 1. The molecule has 3 rings (SSSR count). The molecular formula is C24H28N2O6. The van der Waals surface area contributed by atoms with Crippen LogP contribution in [-0.2, 0) is 14.3 Å². The van der Waals surface area contributed by atoms with Gasteiger partial charge in [-0.05, 0) is 28.7 Å². The first kappa shape index (κ1) is 23.3. The van der Waals surface area contributed by atoms with E-state index in [1.165, 1.54) is 4.90 Å². The first-order valence-corrected chi connectivity index (χ1v) is 10.7. The van der Waals surface area contributed by atoms with Gasteiger partial charge < -0.3 is 25.2 Å². The monoisotopic (exact) mass is 440 g/mol. The quantitative estimate of drug-likeness (QED) is 0.523. The number of aliphatic hydroxyl groups excluding tert-OH is 1. The van der Waals surface area contributed by atoms with E-state index in [1.54, 1.807) is 0 Å². The van der Waals surface area contributed by atoms with Gasteiger partial charge in [0.25, 0.3) is 0 Å². The first-order chi connectivity index (χ1) is 15.4. The molecule has 1 atom stereocenters. The Kier molecular flexibility index (Phi) is 7.83. The molecule has 32 heavy (non-hydrogen) atoms. The van der Waals surface area contributed by atoms with Gasteiger partial charge in [0.2, 0.25) is 5.91 Å². The maximum Gasteiger partial charge on any atom is 0.407 e. The summed E-state index contributed by atoms with van der Waals surface area (Å²) in [7, 11) is 0. The number of hydrogen-bond donors (Lipinski definition) is 3. The molecule has 170 valence electrons. The van der Waals surface area contributed by atoms with Crippen molar-refractivity contribution in [3.8, 4) is 11.1 Å². The van der Waals surface area contributed by atoms with Gasteiger partial charge in [0.05, 0.1) is 12.5 Å². The van der Waals surface area contributed by atoms with Crippen molar-refractivity contribution < 1.29 is 29.3 Å². The highest BCUT2D eigenvalue weighted by Crippen LogP contribution is 2.44. The van der Waals surface area contributed by atoms with Crippen LogP contribution in [0.1, 0.15) is 36.8 Å². The molecule has 0 heterocycles. The Bertz CT molecular complexity index is 931. The summed E-state index contributed by atoms with van der Waals surface area (Å²) in [6, 6.07) is 16.0. The molecule has 0 aliphatic heterocycles. The van der Waals surface area contributed by atoms with E-state index >= 15 is 0 Å². The van der Waals surface area contributed by atoms with Crippen LogP contribution in [0.5, 0.6) is 0 Å². The minimum Gasteiger partial charge on any atom is -0.480 e. The molecule has 1 aliphatic rings. The summed E-state index contributed by atoms with van der Waals surface area (Å²) in [5, 5.41) is 21.5. The second-order valence-corrected chi connectivity index (χ2v) is 7.77. The number of carboxylic acids is 1. The summed E-state index contributed by atoms with van der Waals surface area (Å²) >= 11 is 0. The Hall–Kier alpha value is -3.39. The zero-order chi connectivity index (χ0) is 23.1. The van der Waals surface area contributed by atoms with Gasteiger partial charge in [-0.15, -0.1) is 0 Å². The second-order valence-electron chi connectivity index (χ2n) is 7.77. The lowest BCUT2D eigenvalue weighted by atomic mass is 9.98. The van der Waals surface area contributed by atoms with Gasteiger partial charge in [-0.2, -0.15) is 0 Å². The lowest BCUT2D eigenvalue weighted by molar-refractivity contribution is -0.145. The fourth-order valence-corrected chi connectivity index (χ4v) is 3.98. The van der Waals surface area contributed by atoms with Crippen molar-refractivity contribution in [2.45, 2.75) is 31.8 Å². The number of hydrogen-bond acceptors (Lipinski definition) is 5. The fraction of sp³-hybridized carbons (Fsp3) is 0.375. The largest absolute Gasteiger partial charge is 0.480 e. The Morgan fingerprint density at radius 3 is 2.22 bits per heavy atom. The summed E-state index contributed by atoms with van der Waals surface area (Å²) in [6.07, 6.45) is -1.50. The number of alkyl carbamates (subject to hydrolysis) is 1. The van der Waals surface area contributed by atoms with Gasteiger partial charge in [0.1, 0.15) is 13.2 Å². The number of carbonyl (C=O) groups excluding carboxylic acids is 2. The van der Waals surface area contributed by atoms with Crippen LogP contribution in [0.4, 0.5) is 4.79 Å². The van der Waals surface area contributed by atoms with E-state index in [-0.39, 0.29) is 32.0 Å². The summed E-state index contributed by atoms with van der Waals surface area (Å²) in [5.74, 6) is -1.66. The van der Waals surface area contributed by atoms with Crippen LogP contribution in [0.25, 0.3) is 11.1 Å². The van der Waals surface area contributed by atoms with E-state index < -0.39 is 30.6 Å². The minimum atomic E-state index is -1.14. The predicted octanol–water partition coefficient (Wildman–Crippen LogP) is 2.60. The lowest BCUT2D eigenvalue weighted by Gasteiger charge is -2.21. The van der Waals surface area contributed by atoms with Crippen LogP contribution >= 0.6 is 0 Å². The number of rotatable bonds is 10. The molecule has 2 aromatic carbocycles. The molecule has 0 saturated heterocycles. The van der Waals surface area contributed by atoms with Gasteiger partial charge >= 0.3 is 12.1 Å². The van der Waals surface area contributed by atoms with E-state index in [4.69, 9.17) is 9.84 Å². The molecule has 0 aromatic heterocycles. The Morgan fingerprint density at radius 1 is 1.06 bits per heavy atom. The van der Waals surface area contributed by atoms with Crippen molar-refractivity contribution in [3.05, 3.63) is 59.7 Å². The second kappa shape index (κ2) is 10.8. The maximum atomic E-state index is 12.2. The van der Waals surface area contributed by atoms with Crippen LogP contribution in [-0.4, -0.2) is 65.4 Å². The van der Waals surface area contributed by atoms with Crippen molar-refractivity contribution >= 4 is 18.0 Å². The molecule has 0 bridgehead atoms. The van der Waals surface area contributed by atoms with E-state index in [0.717, 1.165) is 22.3 Å². The van der Waals surface area contributed by atoms with Crippen LogP contribution < -0.4 is 5.32 Å². The molecular weight excluding hydrogens is 412 g/mol. The standard InChI is InChI=1S/C24H28N2O6/c1-2-11-26(14-23(29)30)22(28)12-16(27)13-25-24(31)32-15-21-19-9-5-3-7-17(19)18-8-4-6-10-20(18)21/h3-10,16,21,27H,2,11-15H2,1H3,(H,25,31)(H,29,30). The topological polar surface area (TPSA) is 116 Å². The molecule has 2 aromatic rings. The normalized spacial score (nSPS) is 13.1. The van der Waals surface area contributed by atoms with Crippen LogP contribution in [0.2, 0.25) is 0 Å². The summed E-state index contributed by atoms with van der Waals surface area (Å²) in [6.45, 7) is 1.68.